The van der Waals surface area contributed by atoms with Gasteiger partial charge in [0.05, 0.1) is 0 Å². The van der Waals surface area contributed by atoms with Gasteiger partial charge in [0.2, 0.25) is 0 Å². The van der Waals surface area contributed by atoms with Gasteiger partial charge < -0.3 is 14.8 Å². The van der Waals surface area contributed by atoms with Crippen LogP contribution in [0.2, 0.25) is 0 Å². The predicted molar refractivity (Wildman–Crippen MR) is 74.0 cm³/mol. The van der Waals surface area contributed by atoms with Crippen molar-refractivity contribution in [1.29, 1.82) is 0 Å². The molecule has 0 radical (unpaired) electrons. The summed E-state index contributed by atoms with van der Waals surface area (Å²) in [6.45, 7) is 5.73. The van der Waals surface area contributed by atoms with Gasteiger partial charge in [0, 0.05) is 12.6 Å². The van der Waals surface area contributed by atoms with Gasteiger partial charge in [0.15, 0.2) is 0 Å². The minimum Gasteiger partial charge on any atom is -0.459 e. The normalized spacial score (nSPS) is 28.8. The summed E-state index contributed by atoms with van der Waals surface area (Å²) in [6, 6.07) is 0. The van der Waals surface area contributed by atoms with Gasteiger partial charge in [-0.15, -0.1) is 0 Å². The Bertz CT molecular complexity index is 382. The standard InChI is InChI=1S/C15H23NO4/c1-3-14(17)19-9-10(2)20-15(18)16-8-13-7-11-4-5-12(13)6-11/h3,10-13H,1,4-9H2,2H3,(H,16,18). The molecule has 0 aromatic rings. The van der Waals surface area contributed by atoms with E-state index in [0.717, 1.165) is 17.9 Å². The van der Waals surface area contributed by atoms with Gasteiger partial charge >= 0.3 is 12.1 Å². The van der Waals surface area contributed by atoms with Crippen molar-refractivity contribution in [1.82, 2.24) is 5.32 Å². The molecule has 0 aromatic carbocycles. The van der Waals surface area contributed by atoms with Gasteiger partial charge in [-0.1, -0.05) is 13.0 Å². The molecule has 2 fully saturated rings. The third-order valence-electron chi connectivity index (χ3n) is 4.33. The number of esters is 1. The number of alkyl carbamates (subject to hydrolysis) is 1. The SMILES string of the molecule is C=CC(=O)OCC(C)OC(=O)NCC1CC2CCC1C2. The molecule has 112 valence electrons. The molecule has 2 saturated carbocycles. The second-order valence-electron chi connectivity index (χ2n) is 5.87. The van der Waals surface area contributed by atoms with Crippen LogP contribution in [-0.2, 0) is 14.3 Å². The lowest BCUT2D eigenvalue weighted by Crippen LogP contribution is -2.34. The molecule has 5 nitrogen and oxygen atoms in total. The molecular weight excluding hydrogens is 258 g/mol. The highest BCUT2D eigenvalue weighted by molar-refractivity contribution is 5.81. The largest absolute Gasteiger partial charge is 0.459 e. The summed E-state index contributed by atoms with van der Waals surface area (Å²) in [5, 5.41) is 2.82. The zero-order valence-corrected chi connectivity index (χ0v) is 12.0. The molecule has 0 heterocycles. The Labute approximate surface area is 119 Å². The van der Waals surface area contributed by atoms with Crippen molar-refractivity contribution in [3.8, 4) is 0 Å². The Morgan fingerprint density at radius 2 is 2.20 bits per heavy atom. The Morgan fingerprint density at radius 1 is 1.40 bits per heavy atom. The summed E-state index contributed by atoms with van der Waals surface area (Å²) in [6.07, 6.45) is 5.42. The van der Waals surface area contributed by atoms with Gasteiger partial charge in [0.1, 0.15) is 12.7 Å². The second-order valence-corrected chi connectivity index (χ2v) is 5.87. The van der Waals surface area contributed by atoms with E-state index in [-0.39, 0.29) is 6.61 Å². The van der Waals surface area contributed by atoms with Crippen LogP contribution < -0.4 is 5.32 Å². The Morgan fingerprint density at radius 3 is 2.80 bits per heavy atom. The number of carbonyl (C=O) groups is 2. The predicted octanol–water partition coefficient (Wildman–Crippen LogP) is 2.27. The van der Waals surface area contributed by atoms with E-state index in [1.165, 1.54) is 25.7 Å². The van der Waals surface area contributed by atoms with Crippen LogP contribution in [0.1, 0.15) is 32.6 Å². The lowest BCUT2D eigenvalue weighted by molar-refractivity contribution is -0.140. The molecule has 4 atom stereocenters. The number of hydrogen-bond donors (Lipinski definition) is 1. The molecule has 20 heavy (non-hydrogen) atoms. The minimum absolute atomic E-state index is 0.0480. The van der Waals surface area contributed by atoms with E-state index in [9.17, 15) is 9.59 Å². The van der Waals surface area contributed by atoms with Crippen LogP contribution in [0.4, 0.5) is 4.79 Å². The van der Waals surface area contributed by atoms with Gasteiger partial charge in [-0.2, -0.15) is 0 Å². The highest BCUT2D eigenvalue weighted by atomic mass is 16.6. The topological polar surface area (TPSA) is 64.6 Å². The fraction of sp³-hybridized carbons (Fsp3) is 0.733. The van der Waals surface area contributed by atoms with Crippen LogP contribution in [0.3, 0.4) is 0 Å². The van der Waals surface area contributed by atoms with Gasteiger partial charge in [-0.05, 0) is 43.9 Å². The molecule has 2 rings (SSSR count). The maximum Gasteiger partial charge on any atom is 0.407 e. The number of nitrogens with one attached hydrogen (secondary N) is 1. The number of hydrogen-bond acceptors (Lipinski definition) is 4. The highest BCUT2D eigenvalue weighted by Gasteiger charge is 2.39. The van der Waals surface area contributed by atoms with E-state index >= 15 is 0 Å². The van der Waals surface area contributed by atoms with E-state index in [1.807, 2.05) is 0 Å². The molecule has 2 aliphatic rings. The second kappa shape index (κ2) is 6.77. The molecule has 5 heteroatoms. The molecule has 0 saturated heterocycles. The number of rotatable bonds is 6. The maximum absolute atomic E-state index is 11.6. The van der Waals surface area contributed by atoms with E-state index < -0.39 is 18.2 Å². The number of amides is 1. The number of ether oxygens (including phenoxy) is 2. The first-order valence-electron chi connectivity index (χ1n) is 7.32. The van der Waals surface area contributed by atoms with E-state index in [4.69, 9.17) is 9.47 Å². The smallest absolute Gasteiger partial charge is 0.407 e. The molecule has 0 spiro atoms. The molecule has 4 unspecified atom stereocenters. The fourth-order valence-corrected chi connectivity index (χ4v) is 3.36. The van der Waals surface area contributed by atoms with E-state index in [1.54, 1.807) is 6.92 Å². The van der Waals surface area contributed by atoms with Crippen molar-refractivity contribution < 1.29 is 19.1 Å². The monoisotopic (exact) mass is 281 g/mol. The van der Waals surface area contributed by atoms with Crippen LogP contribution >= 0.6 is 0 Å². The lowest BCUT2D eigenvalue weighted by atomic mass is 9.89. The van der Waals surface area contributed by atoms with Crippen LogP contribution in [0, 0.1) is 17.8 Å². The van der Waals surface area contributed by atoms with Crippen LogP contribution in [0.5, 0.6) is 0 Å². The quantitative estimate of drug-likeness (QED) is 0.599. The average molecular weight is 281 g/mol. The zero-order valence-electron chi connectivity index (χ0n) is 12.0. The third-order valence-corrected chi connectivity index (χ3v) is 4.33. The van der Waals surface area contributed by atoms with Crippen LogP contribution in [0.25, 0.3) is 0 Å². The van der Waals surface area contributed by atoms with Gasteiger partial charge in [-0.3, -0.25) is 0 Å². The molecular formula is C15H23NO4. The average Bonchev–Trinajstić information content (AvgIpc) is 3.04. The summed E-state index contributed by atoms with van der Waals surface area (Å²) in [4.78, 5) is 22.5. The van der Waals surface area contributed by atoms with Crippen molar-refractivity contribution in [2.45, 2.75) is 38.7 Å². The van der Waals surface area contributed by atoms with Crippen molar-refractivity contribution >= 4 is 12.1 Å². The third kappa shape index (κ3) is 3.99. The summed E-state index contributed by atoms with van der Waals surface area (Å²) in [5.41, 5.74) is 0. The summed E-state index contributed by atoms with van der Waals surface area (Å²) >= 11 is 0. The minimum atomic E-state index is -0.511. The Balaban J connectivity index is 1.60. The fourth-order valence-electron chi connectivity index (χ4n) is 3.36. The number of fused-ring (bicyclic) bond motifs is 2. The molecule has 2 bridgehead atoms. The highest BCUT2D eigenvalue weighted by Crippen LogP contribution is 2.47. The molecule has 0 aliphatic heterocycles. The van der Waals surface area contributed by atoms with Crippen molar-refractivity contribution in [2.75, 3.05) is 13.2 Å². The Kier molecular flexibility index (Phi) is 5.04. The zero-order chi connectivity index (χ0) is 14.5. The molecule has 1 amide bonds. The lowest BCUT2D eigenvalue weighted by Gasteiger charge is -2.22. The van der Waals surface area contributed by atoms with Crippen molar-refractivity contribution in [2.24, 2.45) is 17.8 Å². The maximum atomic E-state index is 11.6. The molecule has 0 aromatic heterocycles. The number of carbonyl (C=O) groups excluding carboxylic acids is 2. The summed E-state index contributed by atoms with van der Waals surface area (Å²) < 4.78 is 9.93. The summed E-state index contributed by atoms with van der Waals surface area (Å²) in [7, 11) is 0. The Hall–Kier alpha value is -1.52. The van der Waals surface area contributed by atoms with Gasteiger partial charge in [-0.25, -0.2) is 9.59 Å². The first-order chi connectivity index (χ1) is 9.58. The van der Waals surface area contributed by atoms with Crippen LogP contribution in [-0.4, -0.2) is 31.3 Å². The first-order valence-corrected chi connectivity index (χ1v) is 7.32. The first kappa shape index (κ1) is 14.9. The van der Waals surface area contributed by atoms with Gasteiger partial charge in [0.25, 0.3) is 0 Å². The molecule has 2 aliphatic carbocycles. The van der Waals surface area contributed by atoms with Crippen molar-refractivity contribution in [3.63, 3.8) is 0 Å². The van der Waals surface area contributed by atoms with Crippen LogP contribution in [0.15, 0.2) is 12.7 Å². The molecule has 1 N–H and O–H groups in total. The van der Waals surface area contributed by atoms with E-state index in [2.05, 4.69) is 11.9 Å². The summed E-state index contributed by atoms with van der Waals surface area (Å²) in [5.74, 6) is 1.75. The van der Waals surface area contributed by atoms with E-state index in [0.29, 0.717) is 12.5 Å². The van der Waals surface area contributed by atoms with Crippen molar-refractivity contribution in [3.05, 3.63) is 12.7 Å².